The van der Waals surface area contributed by atoms with Gasteiger partial charge in [0.15, 0.2) is 0 Å². The molecule has 0 aliphatic carbocycles. The van der Waals surface area contributed by atoms with Crippen LogP contribution in [-0.2, 0) is 9.59 Å². The molecule has 1 N–H and O–H groups in total. The number of benzene rings is 2. The van der Waals surface area contributed by atoms with E-state index in [0.29, 0.717) is 46.9 Å². The third kappa shape index (κ3) is 5.27. The Morgan fingerprint density at radius 1 is 1.05 bits per heavy atom. The van der Waals surface area contributed by atoms with Crippen LogP contribution in [0.2, 0.25) is 0 Å². The van der Waals surface area contributed by atoms with Gasteiger partial charge in [0.25, 0.3) is 0 Å². The molecule has 1 unspecified atom stereocenters. The summed E-state index contributed by atoms with van der Waals surface area (Å²) in [7, 11) is 1.58. The maximum atomic E-state index is 12.9. The molecule has 2 amide bonds. The minimum Gasteiger partial charge on any atom is -0.497 e. The van der Waals surface area contributed by atoms with Gasteiger partial charge in [0.1, 0.15) is 29.0 Å². The number of nitrogens with zero attached hydrogens (tertiary/aromatic N) is 5. The molecule has 5 rings (SSSR count). The monoisotopic (exact) mass is 498 g/mol. The quantitative estimate of drug-likeness (QED) is 0.409. The molecule has 1 aliphatic heterocycles. The minimum absolute atomic E-state index is 0.0949. The molecule has 1 saturated heterocycles. The fourth-order valence-corrected chi connectivity index (χ4v) is 4.20. The molecule has 0 saturated carbocycles. The Kier molecular flexibility index (Phi) is 6.55. The molecule has 4 aromatic rings. The first-order valence-corrected chi connectivity index (χ1v) is 11.8. The highest BCUT2D eigenvalue weighted by atomic mass is 16.5. The lowest BCUT2D eigenvalue weighted by Gasteiger charge is -2.17. The Morgan fingerprint density at radius 2 is 1.86 bits per heavy atom. The van der Waals surface area contributed by atoms with E-state index in [-0.39, 0.29) is 18.2 Å². The Hall–Kier alpha value is -4.73. The maximum absolute atomic E-state index is 12.9. The lowest BCUT2D eigenvalue weighted by Crippen LogP contribution is -2.28. The highest BCUT2D eigenvalue weighted by molar-refractivity contribution is 6.03. The highest BCUT2D eigenvalue weighted by Crippen LogP contribution is 2.29. The molecule has 2 aromatic heterocycles. The van der Waals surface area contributed by atoms with E-state index in [0.717, 1.165) is 5.82 Å². The Morgan fingerprint density at radius 3 is 2.59 bits per heavy atom. The summed E-state index contributed by atoms with van der Waals surface area (Å²) in [6.45, 7) is 4.00. The summed E-state index contributed by atoms with van der Waals surface area (Å²) in [4.78, 5) is 40.1. The van der Waals surface area contributed by atoms with Crippen LogP contribution in [0.25, 0.3) is 5.82 Å². The molecule has 3 heterocycles. The fourth-order valence-electron chi connectivity index (χ4n) is 4.20. The maximum Gasteiger partial charge on any atom is 0.229 e. The second-order valence-electron chi connectivity index (χ2n) is 8.68. The number of methoxy groups -OCH3 is 1. The van der Waals surface area contributed by atoms with E-state index in [9.17, 15) is 9.59 Å². The van der Waals surface area contributed by atoms with E-state index >= 15 is 0 Å². The van der Waals surface area contributed by atoms with Gasteiger partial charge >= 0.3 is 0 Å². The summed E-state index contributed by atoms with van der Waals surface area (Å²) >= 11 is 0. The molecule has 0 bridgehead atoms. The molecular formula is C27H26N6O4. The number of carbonyl (C=O) groups is 2. The van der Waals surface area contributed by atoms with E-state index in [2.05, 4.69) is 20.3 Å². The number of aryl methyl sites for hydroxylation is 2. The summed E-state index contributed by atoms with van der Waals surface area (Å²) < 4.78 is 13.0. The fraction of sp³-hybridized carbons (Fsp3) is 0.222. The van der Waals surface area contributed by atoms with E-state index in [1.807, 2.05) is 35.9 Å². The first kappa shape index (κ1) is 24.0. The van der Waals surface area contributed by atoms with Crippen LogP contribution in [0, 0.1) is 19.8 Å². The van der Waals surface area contributed by atoms with Crippen LogP contribution in [-0.4, -0.2) is 45.0 Å². The zero-order valence-corrected chi connectivity index (χ0v) is 20.7. The molecule has 37 heavy (non-hydrogen) atoms. The van der Waals surface area contributed by atoms with Crippen LogP contribution in [0.1, 0.15) is 18.1 Å². The first-order chi connectivity index (χ1) is 17.9. The van der Waals surface area contributed by atoms with Gasteiger partial charge in [-0.1, -0.05) is 6.07 Å². The van der Waals surface area contributed by atoms with Crippen LogP contribution < -0.4 is 19.7 Å². The van der Waals surface area contributed by atoms with E-state index < -0.39 is 5.92 Å². The van der Waals surface area contributed by atoms with Crippen molar-refractivity contribution in [3.8, 4) is 23.2 Å². The average Bonchev–Trinajstić information content (AvgIpc) is 3.50. The van der Waals surface area contributed by atoms with Crippen molar-refractivity contribution in [2.45, 2.75) is 20.3 Å². The zero-order valence-electron chi connectivity index (χ0n) is 20.7. The predicted molar refractivity (Wildman–Crippen MR) is 137 cm³/mol. The number of imidazole rings is 1. The lowest BCUT2D eigenvalue weighted by molar-refractivity contribution is -0.122. The molecule has 1 aliphatic rings. The zero-order chi connectivity index (χ0) is 25.9. The number of nitrogens with one attached hydrogen (secondary N) is 1. The summed E-state index contributed by atoms with van der Waals surface area (Å²) in [5.74, 6) is 2.89. The number of rotatable bonds is 7. The van der Waals surface area contributed by atoms with Crippen molar-refractivity contribution in [2.24, 2.45) is 5.92 Å². The van der Waals surface area contributed by atoms with E-state index in [4.69, 9.17) is 9.47 Å². The van der Waals surface area contributed by atoms with Crippen LogP contribution in [0.3, 0.4) is 0 Å². The van der Waals surface area contributed by atoms with Crippen LogP contribution in [0.15, 0.2) is 67.0 Å². The first-order valence-electron chi connectivity index (χ1n) is 11.8. The van der Waals surface area contributed by atoms with Gasteiger partial charge in [-0.15, -0.1) is 0 Å². The second kappa shape index (κ2) is 10.1. The minimum atomic E-state index is -0.455. The van der Waals surface area contributed by atoms with Crippen LogP contribution >= 0.6 is 0 Å². The van der Waals surface area contributed by atoms with Crippen molar-refractivity contribution in [2.75, 3.05) is 23.9 Å². The molecule has 188 valence electrons. The summed E-state index contributed by atoms with van der Waals surface area (Å²) in [6.07, 6.45) is 3.68. The molecule has 0 radical (unpaired) electrons. The Bertz CT molecular complexity index is 1450. The molecule has 10 nitrogen and oxygen atoms in total. The lowest BCUT2D eigenvalue weighted by atomic mass is 10.1. The van der Waals surface area contributed by atoms with Crippen molar-refractivity contribution >= 4 is 23.2 Å². The average molecular weight is 499 g/mol. The number of hydrogen-bond acceptors (Lipinski definition) is 7. The number of anilines is 2. The van der Waals surface area contributed by atoms with Gasteiger partial charge in [-0.25, -0.2) is 9.97 Å². The van der Waals surface area contributed by atoms with Crippen molar-refractivity contribution in [3.63, 3.8) is 0 Å². The third-order valence-corrected chi connectivity index (χ3v) is 6.08. The smallest absolute Gasteiger partial charge is 0.229 e. The number of ether oxygens (including phenoxy) is 2. The summed E-state index contributed by atoms with van der Waals surface area (Å²) in [5, 5.41) is 2.90. The van der Waals surface area contributed by atoms with Crippen molar-refractivity contribution in [1.29, 1.82) is 0 Å². The standard InChI is InChI=1S/C27H26N6O4/c1-17-29-24(32-12-11-28-18(32)2)15-25(30-17)37-22-9-7-20(8-10-22)31-27(35)19-13-26(34)33(16-19)21-5-4-6-23(14-21)36-3/h4-12,14-15,19H,13,16H2,1-3H3,(H,31,35). The molecule has 1 atom stereocenters. The van der Waals surface area contributed by atoms with Gasteiger partial charge in [-0.2, -0.15) is 4.98 Å². The van der Waals surface area contributed by atoms with Crippen molar-refractivity contribution in [1.82, 2.24) is 19.5 Å². The summed E-state index contributed by atoms with van der Waals surface area (Å²) in [5.41, 5.74) is 1.32. The Balaban J connectivity index is 1.22. The highest BCUT2D eigenvalue weighted by Gasteiger charge is 2.35. The largest absolute Gasteiger partial charge is 0.497 e. The van der Waals surface area contributed by atoms with E-state index in [1.165, 1.54) is 0 Å². The topological polar surface area (TPSA) is 111 Å². The molecule has 2 aromatic carbocycles. The third-order valence-electron chi connectivity index (χ3n) is 6.08. The predicted octanol–water partition coefficient (Wildman–Crippen LogP) is 4.07. The summed E-state index contributed by atoms with van der Waals surface area (Å²) in [6, 6.07) is 16.0. The number of aromatic nitrogens is 4. The second-order valence-corrected chi connectivity index (χ2v) is 8.68. The van der Waals surface area contributed by atoms with Gasteiger partial charge in [-0.05, 0) is 50.2 Å². The van der Waals surface area contributed by atoms with Crippen molar-refractivity contribution in [3.05, 3.63) is 78.6 Å². The van der Waals surface area contributed by atoms with Gasteiger partial charge < -0.3 is 19.7 Å². The number of amides is 2. The normalized spacial score (nSPS) is 15.1. The van der Waals surface area contributed by atoms with Crippen LogP contribution in [0.4, 0.5) is 11.4 Å². The molecular weight excluding hydrogens is 472 g/mol. The number of carbonyl (C=O) groups excluding carboxylic acids is 2. The van der Waals surface area contributed by atoms with Gasteiger partial charge in [0, 0.05) is 48.9 Å². The molecule has 1 fully saturated rings. The van der Waals surface area contributed by atoms with Gasteiger partial charge in [0.2, 0.25) is 17.7 Å². The molecule has 10 heteroatoms. The SMILES string of the molecule is COc1cccc(N2CC(C(=O)Nc3ccc(Oc4cc(-n5ccnc5C)nc(C)n4)cc3)CC2=O)c1. The van der Waals surface area contributed by atoms with E-state index in [1.54, 1.807) is 61.5 Å². The van der Waals surface area contributed by atoms with Crippen molar-refractivity contribution < 1.29 is 19.1 Å². The molecule has 0 spiro atoms. The van der Waals surface area contributed by atoms with Crippen LogP contribution in [0.5, 0.6) is 17.4 Å². The van der Waals surface area contributed by atoms with Gasteiger partial charge in [0.05, 0.1) is 13.0 Å². The van der Waals surface area contributed by atoms with Gasteiger partial charge in [-0.3, -0.25) is 14.2 Å². The number of hydrogen-bond donors (Lipinski definition) is 1. The Labute approximate surface area is 213 Å².